The number of nitrogens with zero attached hydrogens (tertiary/aromatic N) is 1. The van der Waals surface area contributed by atoms with Gasteiger partial charge in [0.1, 0.15) is 5.54 Å². The summed E-state index contributed by atoms with van der Waals surface area (Å²) in [7, 11) is 0. The first-order valence-electron chi connectivity index (χ1n) is 6.79. The maximum absolute atomic E-state index is 9.57. The summed E-state index contributed by atoms with van der Waals surface area (Å²) < 4.78 is 0. The molecule has 2 heteroatoms. The molecule has 0 amide bonds. The zero-order valence-electron chi connectivity index (χ0n) is 10.7. The van der Waals surface area contributed by atoms with Gasteiger partial charge in [0.15, 0.2) is 0 Å². The largest absolute Gasteiger partial charge is 0.296 e. The molecule has 0 spiro atoms. The van der Waals surface area contributed by atoms with Crippen LogP contribution in [-0.4, -0.2) is 11.6 Å². The molecule has 0 aliphatic heterocycles. The van der Waals surface area contributed by atoms with Gasteiger partial charge >= 0.3 is 0 Å². The quantitative estimate of drug-likeness (QED) is 0.774. The highest BCUT2D eigenvalue weighted by Crippen LogP contribution is 2.46. The van der Waals surface area contributed by atoms with E-state index in [1.54, 1.807) is 0 Å². The molecule has 2 rings (SSSR count). The van der Waals surface area contributed by atoms with Crippen LogP contribution in [0.3, 0.4) is 0 Å². The van der Waals surface area contributed by atoms with Gasteiger partial charge in [0.05, 0.1) is 6.07 Å². The summed E-state index contributed by atoms with van der Waals surface area (Å²) >= 11 is 0. The van der Waals surface area contributed by atoms with Crippen LogP contribution in [0.4, 0.5) is 0 Å². The van der Waals surface area contributed by atoms with Crippen LogP contribution in [-0.2, 0) is 0 Å². The highest BCUT2D eigenvalue weighted by Gasteiger charge is 2.50. The predicted molar refractivity (Wildman–Crippen MR) is 66.0 cm³/mol. The van der Waals surface area contributed by atoms with Crippen molar-refractivity contribution in [3.63, 3.8) is 0 Å². The molecule has 1 N–H and O–H groups in total. The van der Waals surface area contributed by atoms with Crippen molar-refractivity contribution < 1.29 is 0 Å². The molecule has 2 saturated carbocycles. The van der Waals surface area contributed by atoms with Gasteiger partial charge in [0.25, 0.3) is 0 Å². The molecule has 0 bridgehead atoms. The van der Waals surface area contributed by atoms with Crippen molar-refractivity contribution >= 4 is 0 Å². The van der Waals surface area contributed by atoms with Crippen LogP contribution in [0.5, 0.6) is 0 Å². The molecule has 0 radical (unpaired) electrons. The average molecular weight is 220 g/mol. The maximum Gasteiger partial charge on any atom is 0.112 e. The van der Waals surface area contributed by atoms with Crippen LogP contribution in [0.15, 0.2) is 0 Å². The Bertz CT molecular complexity index is 284. The second kappa shape index (κ2) is 4.37. The van der Waals surface area contributed by atoms with E-state index >= 15 is 0 Å². The lowest BCUT2D eigenvalue weighted by molar-refractivity contribution is 0.179. The van der Waals surface area contributed by atoms with Gasteiger partial charge in [-0.25, -0.2) is 0 Å². The number of nitriles is 1. The van der Waals surface area contributed by atoms with Crippen LogP contribution < -0.4 is 5.32 Å². The third-order valence-corrected chi connectivity index (χ3v) is 4.76. The summed E-state index contributed by atoms with van der Waals surface area (Å²) in [6.07, 6.45) is 9.98. The SMILES string of the molecule is CC1(C)CCCC1(C#N)NC1CCCCC1. The normalized spacial score (nSPS) is 34.8. The Kier molecular flexibility index (Phi) is 3.26. The fourth-order valence-electron chi connectivity index (χ4n) is 3.45. The van der Waals surface area contributed by atoms with Crippen LogP contribution in [0, 0.1) is 16.7 Å². The Balaban J connectivity index is 2.07. The summed E-state index contributed by atoms with van der Waals surface area (Å²) in [5.74, 6) is 0. The van der Waals surface area contributed by atoms with E-state index in [1.807, 2.05) is 0 Å². The lowest BCUT2D eigenvalue weighted by Gasteiger charge is -2.40. The van der Waals surface area contributed by atoms with E-state index in [9.17, 15) is 5.26 Å². The van der Waals surface area contributed by atoms with Crippen molar-refractivity contribution in [3.8, 4) is 6.07 Å². The Morgan fingerprint density at radius 3 is 2.25 bits per heavy atom. The first-order valence-corrected chi connectivity index (χ1v) is 6.79. The third kappa shape index (κ3) is 1.98. The van der Waals surface area contributed by atoms with Crippen LogP contribution >= 0.6 is 0 Å². The van der Waals surface area contributed by atoms with Gasteiger partial charge in [0.2, 0.25) is 0 Å². The molecule has 0 aromatic rings. The summed E-state index contributed by atoms with van der Waals surface area (Å²) in [6.45, 7) is 4.50. The Morgan fingerprint density at radius 1 is 1.06 bits per heavy atom. The van der Waals surface area contributed by atoms with Crippen LogP contribution in [0.2, 0.25) is 0 Å². The molecule has 0 heterocycles. The van der Waals surface area contributed by atoms with Crippen LogP contribution in [0.1, 0.15) is 65.2 Å². The van der Waals surface area contributed by atoms with Gasteiger partial charge in [-0.1, -0.05) is 33.1 Å². The molecule has 16 heavy (non-hydrogen) atoms. The molecule has 1 atom stereocenters. The number of nitrogens with one attached hydrogen (secondary N) is 1. The molecular formula is C14H24N2. The summed E-state index contributed by atoms with van der Waals surface area (Å²) in [6, 6.07) is 3.19. The molecule has 90 valence electrons. The first kappa shape index (κ1) is 11.9. The molecule has 0 aromatic carbocycles. The lowest BCUT2D eigenvalue weighted by atomic mass is 9.75. The van der Waals surface area contributed by atoms with Gasteiger partial charge < -0.3 is 0 Å². The third-order valence-electron chi connectivity index (χ3n) is 4.76. The van der Waals surface area contributed by atoms with E-state index in [-0.39, 0.29) is 11.0 Å². The molecule has 2 nitrogen and oxygen atoms in total. The monoisotopic (exact) mass is 220 g/mol. The Labute approximate surface area is 99.4 Å². The first-order chi connectivity index (χ1) is 7.60. The van der Waals surface area contributed by atoms with E-state index < -0.39 is 0 Å². The second-order valence-electron chi connectivity index (χ2n) is 6.23. The second-order valence-corrected chi connectivity index (χ2v) is 6.23. The number of rotatable bonds is 2. The zero-order chi connectivity index (χ0) is 11.6. The van der Waals surface area contributed by atoms with E-state index in [2.05, 4.69) is 25.2 Å². The molecule has 0 saturated heterocycles. The van der Waals surface area contributed by atoms with Crippen molar-refractivity contribution in [1.29, 1.82) is 5.26 Å². The Hall–Kier alpha value is -0.550. The molecule has 1 unspecified atom stereocenters. The van der Waals surface area contributed by atoms with Crippen molar-refractivity contribution in [2.45, 2.75) is 76.8 Å². The van der Waals surface area contributed by atoms with Crippen molar-refractivity contribution in [1.82, 2.24) is 5.32 Å². The summed E-state index contributed by atoms with van der Waals surface area (Å²) in [5.41, 5.74) is -0.117. The fourth-order valence-corrected chi connectivity index (χ4v) is 3.45. The predicted octanol–water partition coefficient (Wildman–Crippen LogP) is 3.38. The van der Waals surface area contributed by atoms with Gasteiger partial charge in [-0.3, -0.25) is 5.32 Å². The van der Waals surface area contributed by atoms with Gasteiger partial charge in [-0.2, -0.15) is 5.26 Å². The molecule has 2 aliphatic rings. The minimum Gasteiger partial charge on any atom is -0.296 e. The molecule has 0 aromatic heterocycles. The van der Waals surface area contributed by atoms with E-state index in [0.717, 1.165) is 6.42 Å². The summed E-state index contributed by atoms with van der Waals surface area (Å²) in [5, 5.41) is 13.3. The van der Waals surface area contributed by atoms with E-state index in [4.69, 9.17) is 0 Å². The lowest BCUT2D eigenvalue weighted by Crippen LogP contribution is -2.55. The number of hydrogen-bond donors (Lipinski definition) is 1. The fraction of sp³-hybridized carbons (Fsp3) is 0.929. The molecule has 2 fully saturated rings. The smallest absolute Gasteiger partial charge is 0.112 e. The highest BCUT2D eigenvalue weighted by molar-refractivity contribution is 5.19. The van der Waals surface area contributed by atoms with Crippen LogP contribution in [0.25, 0.3) is 0 Å². The highest BCUT2D eigenvalue weighted by atomic mass is 15.0. The topological polar surface area (TPSA) is 35.8 Å². The van der Waals surface area contributed by atoms with Crippen molar-refractivity contribution in [2.24, 2.45) is 5.41 Å². The minimum atomic E-state index is -0.255. The van der Waals surface area contributed by atoms with E-state index in [1.165, 1.54) is 44.9 Å². The maximum atomic E-state index is 9.57. The van der Waals surface area contributed by atoms with Gasteiger partial charge in [-0.15, -0.1) is 0 Å². The van der Waals surface area contributed by atoms with E-state index in [0.29, 0.717) is 6.04 Å². The zero-order valence-corrected chi connectivity index (χ0v) is 10.7. The minimum absolute atomic E-state index is 0.138. The van der Waals surface area contributed by atoms with Gasteiger partial charge in [-0.05, 0) is 37.5 Å². The molecule has 2 aliphatic carbocycles. The van der Waals surface area contributed by atoms with Crippen molar-refractivity contribution in [2.75, 3.05) is 0 Å². The summed E-state index contributed by atoms with van der Waals surface area (Å²) in [4.78, 5) is 0. The van der Waals surface area contributed by atoms with Gasteiger partial charge in [0, 0.05) is 6.04 Å². The number of hydrogen-bond acceptors (Lipinski definition) is 2. The standard InChI is InChI=1S/C14H24N2/c1-13(2)9-6-10-14(13,11-15)16-12-7-4-3-5-8-12/h12,16H,3-10H2,1-2H3. The van der Waals surface area contributed by atoms with Crippen molar-refractivity contribution in [3.05, 3.63) is 0 Å². The Morgan fingerprint density at radius 2 is 1.75 bits per heavy atom. The average Bonchev–Trinajstić information content (AvgIpc) is 2.56. The molecular weight excluding hydrogens is 196 g/mol.